The van der Waals surface area contributed by atoms with Crippen molar-refractivity contribution in [2.24, 2.45) is 5.92 Å². The molecule has 0 bridgehead atoms. The predicted molar refractivity (Wildman–Crippen MR) is 148 cm³/mol. The van der Waals surface area contributed by atoms with E-state index in [2.05, 4.69) is 10.3 Å². The second-order valence-electron chi connectivity index (χ2n) is 10.6. The summed E-state index contributed by atoms with van der Waals surface area (Å²) >= 11 is 0. The van der Waals surface area contributed by atoms with E-state index in [0.717, 1.165) is 10.5 Å². The number of amides is 2. The highest BCUT2D eigenvalue weighted by Crippen LogP contribution is 2.34. The number of rotatable bonds is 8. The van der Waals surface area contributed by atoms with E-state index in [0.29, 0.717) is 16.7 Å². The van der Waals surface area contributed by atoms with Gasteiger partial charge in [-0.25, -0.2) is 13.2 Å². The highest BCUT2D eigenvalue weighted by molar-refractivity contribution is 8.04. The van der Waals surface area contributed by atoms with Gasteiger partial charge in [0.1, 0.15) is 23.4 Å². The summed E-state index contributed by atoms with van der Waals surface area (Å²) in [5, 5.41) is 2.06. The third-order valence-corrected chi connectivity index (χ3v) is 9.01. The fraction of sp³-hybridized carbons (Fsp3) is 0.393. The molecule has 42 heavy (non-hydrogen) atoms. The number of sulfonamides is 1. The molecule has 5 rings (SSSR count). The molecule has 222 valence electrons. The van der Waals surface area contributed by atoms with Crippen LogP contribution in [0.1, 0.15) is 37.0 Å². The highest BCUT2D eigenvalue weighted by atomic mass is 32.2. The fourth-order valence-electron chi connectivity index (χ4n) is 5.41. The van der Waals surface area contributed by atoms with Gasteiger partial charge in [-0.3, -0.25) is 19.4 Å². The minimum atomic E-state index is -4.55. The van der Waals surface area contributed by atoms with Gasteiger partial charge in [0, 0.05) is 30.4 Å². The number of aromatic nitrogens is 1. The number of fused-ring (bicyclic) bond motifs is 2. The number of likely N-dealkylation sites (tertiary alicyclic amines) is 1. The molecule has 2 aliphatic heterocycles. The van der Waals surface area contributed by atoms with Crippen LogP contribution in [-0.4, -0.2) is 83.8 Å². The van der Waals surface area contributed by atoms with Crippen molar-refractivity contribution in [3.63, 3.8) is 0 Å². The van der Waals surface area contributed by atoms with Crippen molar-refractivity contribution < 1.29 is 41.5 Å². The van der Waals surface area contributed by atoms with Gasteiger partial charge in [-0.15, -0.1) is 0 Å². The van der Waals surface area contributed by atoms with Crippen molar-refractivity contribution in [2.75, 3.05) is 20.2 Å². The summed E-state index contributed by atoms with van der Waals surface area (Å²) in [6.45, 7) is 3.27. The van der Waals surface area contributed by atoms with Crippen molar-refractivity contribution in [3.05, 3.63) is 54.4 Å². The number of methoxy groups -OCH3 is 1. The molecule has 2 saturated heterocycles. The normalized spacial score (nSPS) is 19.6. The first-order valence-electron chi connectivity index (χ1n) is 13.3. The van der Waals surface area contributed by atoms with Crippen molar-refractivity contribution in [1.29, 1.82) is 0 Å². The van der Waals surface area contributed by atoms with Crippen LogP contribution in [0.5, 0.6) is 11.7 Å². The van der Waals surface area contributed by atoms with E-state index in [-0.39, 0.29) is 36.8 Å². The summed E-state index contributed by atoms with van der Waals surface area (Å²) < 4.78 is 43.3. The molecular weight excluding hydrogens is 568 g/mol. The van der Waals surface area contributed by atoms with E-state index in [1.54, 1.807) is 18.2 Å². The van der Waals surface area contributed by atoms with Crippen LogP contribution in [0.3, 0.4) is 0 Å². The van der Waals surface area contributed by atoms with Crippen LogP contribution >= 0.6 is 0 Å². The second-order valence-corrected chi connectivity index (χ2v) is 12.4. The lowest BCUT2D eigenvalue weighted by Crippen LogP contribution is -2.53. The minimum absolute atomic E-state index is 0.0235. The van der Waals surface area contributed by atoms with Gasteiger partial charge in [0.25, 0.3) is 21.1 Å². The van der Waals surface area contributed by atoms with E-state index in [1.165, 1.54) is 36.4 Å². The summed E-state index contributed by atoms with van der Waals surface area (Å²) in [4.78, 5) is 57.5. The maximum absolute atomic E-state index is 13.7. The van der Waals surface area contributed by atoms with E-state index >= 15 is 0 Å². The van der Waals surface area contributed by atoms with Crippen molar-refractivity contribution in [1.82, 2.24) is 19.5 Å². The molecule has 2 amide bonds. The zero-order valence-corrected chi connectivity index (χ0v) is 24.0. The van der Waals surface area contributed by atoms with Gasteiger partial charge >= 0.3 is 6.09 Å². The number of pyridine rings is 1. The Kier molecular flexibility index (Phi) is 8.01. The third kappa shape index (κ3) is 5.59. The van der Waals surface area contributed by atoms with Crippen molar-refractivity contribution in [3.8, 4) is 11.7 Å². The summed E-state index contributed by atoms with van der Waals surface area (Å²) in [5.74, 6) is -0.562. The monoisotopic (exact) mass is 598 g/mol. The van der Waals surface area contributed by atoms with Gasteiger partial charge in [-0.1, -0.05) is 13.8 Å². The number of ketones is 1. The van der Waals surface area contributed by atoms with Crippen LogP contribution in [0.4, 0.5) is 4.79 Å². The zero-order valence-electron chi connectivity index (χ0n) is 23.2. The molecule has 13 nitrogen and oxygen atoms in total. The van der Waals surface area contributed by atoms with E-state index in [1.807, 2.05) is 13.8 Å². The zero-order chi connectivity index (χ0) is 30.2. The molecule has 1 N–H and O–H groups in total. The fourth-order valence-corrected chi connectivity index (χ4v) is 6.92. The first kappa shape index (κ1) is 29.2. The first-order valence-corrected chi connectivity index (χ1v) is 14.8. The van der Waals surface area contributed by atoms with Crippen molar-refractivity contribution in [2.45, 2.75) is 44.8 Å². The molecule has 2 fully saturated rings. The Hall–Kier alpha value is -4.30. The molecule has 1 aromatic carbocycles. The topological polar surface area (TPSA) is 165 Å². The molecule has 4 heterocycles. The van der Waals surface area contributed by atoms with Gasteiger partial charge in [0.2, 0.25) is 5.91 Å². The first-order chi connectivity index (χ1) is 20.0. The summed E-state index contributed by atoms with van der Waals surface area (Å²) in [6, 6.07) is 6.33. The molecule has 14 heteroatoms. The molecule has 2 aliphatic rings. The molecule has 0 aliphatic carbocycles. The maximum Gasteiger partial charge on any atom is 0.415 e. The van der Waals surface area contributed by atoms with Crippen molar-refractivity contribution >= 4 is 43.9 Å². The van der Waals surface area contributed by atoms with Crippen LogP contribution in [0.2, 0.25) is 0 Å². The molecular formula is C28H30N4O9S. The molecule has 0 radical (unpaired) electrons. The van der Waals surface area contributed by atoms with Crippen LogP contribution in [0.25, 0.3) is 11.0 Å². The number of benzene rings is 1. The Morgan fingerprint density at radius 3 is 2.67 bits per heavy atom. The number of nitrogens with one attached hydrogen (secondary N) is 1. The molecule has 3 aromatic rings. The average molecular weight is 599 g/mol. The Morgan fingerprint density at radius 2 is 1.98 bits per heavy atom. The predicted octanol–water partition coefficient (Wildman–Crippen LogP) is 2.36. The Labute approximate surface area is 241 Å². The quantitative estimate of drug-likeness (QED) is 0.407. The number of Topliss-reactive ketones (excluding diaryl/α,β-unsaturated/α-hetero) is 1. The molecule has 0 spiro atoms. The van der Waals surface area contributed by atoms with E-state index in [9.17, 15) is 27.6 Å². The lowest BCUT2D eigenvalue weighted by molar-refractivity contribution is -0.138. The van der Waals surface area contributed by atoms with Gasteiger partial charge < -0.3 is 24.1 Å². The highest BCUT2D eigenvalue weighted by Gasteiger charge is 2.55. The average Bonchev–Trinajstić information content (AvgIpc) is 3.66. The molecule has 3 atom stereocenters. The number of hydrogen-bond donors (Lipinski definition) is 1. The molecule has 0 saturated carbocycles. The van der Waals surface area contributed by atoms with Crippen LogP contribution in [0.15, 0.2) is 53.2 Å². The summed E-state index contributed by atoms with van der Waals surface area (Å²) in [6.07, 6.45) is 2.01. The summed E-state index contributed by atoms with van der Waals surface area (Å²) in [5.41, 5.74) is 0.348. The number of carbonyl (C=O) groups excluding carboxylic acids is 4. The number of carbonyl (C=O) groups is 4. The maximum atomic E-state index is 13.7. The lowest BCUT2D eigenvalue weighted by atomic mass is 10.0. The van der Waals surface area contributed by atoms with Gasteiger partial charge in [-0.2, -0.15) is 4.31 Å². The second kappa shape index (κ2) is 11.5. The molecule has 2 aromatic heterocycles. The Balaban J connectivity index is 1.30. The van der Waals surface area contributed by atoms with Gasteiger partial charge in [0.15, 0.2) is 5.78 Å². The Bertz CT molecular complexity index is 1640. The number of ether oxygens (including phenoxy) is 2. The number of hydrogen-bond acceptors (Lipinski definition) is 10. The smallest absolute Gasteiger partial charge is 0.415 e. The Morgan fingerprint density at radius 1 is 1.19 bits per heavy atom. The van der Waals surface area contributed by atoms with Crippen LogP contribution < -0.4 is 14.8 Å². The lowest BCUT2D eigenvalue weighted by Gasteiger charge is -2.28. The van der Waals surface area contributed by atoms with E-state index < -0.39 is 57.6 Å². The van der Waals surface area contributed by atoms with Gasteiger partial charge in [0.05, 0.1) is 25.3 Å². The van der Waals surface area contributed by atoms with Gasteiger partial charge in [-0.05, 0) is 49.1 Å². The molecule has 3 unspecified atom stereocenters. The number of furan rings is 1. The summed E-state index contributed by atoms with van der Waals surface area (Å²) in [7, 11) is -3.02. The SMILES string of the molecule is COc1ccc2oc(OC(=O)NC(CC(C)C)C(=O)N3CCC4C3C(=O)CN4S(=O)(=O)C(=O)c3cccnc3)cc2c1. The standard InChI is InChI=1S/C28H30N4O9S/c1-16(2)11-20(30-28(36)41-24-13-18-12-19(39-3)6-7-23(18)40-24)26(34)31-10-8-21-25(31)22(33)15-32(21)42(37,38)27(35)17-5-4-9-29-14-17/h4-7,9,12-14,16,20-21,25H,8,10-11,15H2,1-3H3,(H,30,36). The van der Waals surface area contributed by atoms with E-state index in [4.69, 9.17) is 13.9 Å². The largest absolute Gasteiger partial charge is 0.497 e. The minimum Gasteiger partial charge on any atom is -0.497 e. The van der Waals surface area contributed by atoms with Crippen LogP contribution in [-0.2, 0) is 19.6 Å². The third-order valence-electron chi connectivity index (χ3n) is 7.29. The van der Waals surface area contributed by atoms with Crippen LogP contribution in [0, 0.1) is 5.92 Å². The number of nitrogens with zero attached hydrogens (tertiary/aromatic N) is 3.